The zero-order valence-corrected chi connectivity index (χ0v) is 59.9. The Balaban J connectivity index is 0.981. The first-order valence-electron chi connectivity index (χ1n) is 35.5. The van der Waals surface area contributed by atoms with Crippen molar-refractivity contribution in [2.45, 2.75) is 311 Å². The molecule has 49 nitrogen and oxygen atoms in total. The van der Waals surface area contributed by atoms with E-state index in [1.165, 1.54) is 6.92 Å². The Morgan fingerprint density at radius 1 is 0.252 bits per heavy atom. The standard InChI is InChI=1S/C62H104N4O45/c1-14-31(77)39(85)43(89)58(97-14)96-13-26-52(36(82)27(54(94)98-26)63-15(2)73)108-57-30(66-18(5)76)38(84)49(22(9-70)102-57)110-62-47(93)53(34(80)25(105-62)12-95-59-45(91)41(87)50(23(10-71)103-59)106-55-28(64-16(3)74)35(81)32(78)19(6-67)99-55)111-61-46(92)42(88)51(24(11-72)104-61)107-56-29(65-17(4)75)37(83)48(21(8-69)101-56)109-60-44(90)40(86)33(79)20(7-68)100-60/h14,19-62,67-72,77-94H,6-13H2,1-5H3,(H,63,73)(H,64,74)(H,65,75)(H,66,76)/t14-,19+,20+,21+,22+,23+,24+,25+,26+,27+,28+,29+,30+,31+,32+,33-,34+,35+,36+,37+,38+,39+,40-,41+,42+,43-,44+,45-,46-,47-,48+,49+,50+,51+,52+,53-,54+,55-,56-,57-,58+,59-,60-,61+,62-/m0/s1. The lowest BCUT2D eigenvalue weighted by Crippen LogP contribution is -2.71. The van der Waals surface area contributed by atoms with Crippen LogP contribution < -0.4 is 21.3 Å². The van der Waals surface area contributed by atoms with Crippen LogP contribution in [0.15, 0.2) is 0 Å². The fourth-order valence-electron chi connectivity index (χ4n) is 14.3. The summed E-state index contributed by atoms with van der Waals surface area (Å²) in [6.07, 6.45) is -81.4. The van der Waals surface area contributed by atoms with Crippen LogP contribution in [0.1, 0.15) is 34.6 Å². The average Bonchev–Trinajstić information content (AvgIpc) is 0.768. The second-order valence-corrected chi connectivity index (χ2v) is 28.2. The summed E-state index contributed by atoms with van der Waals surface area (Å²) < 4.78 is 99.5. The Bertz CT molecular complexity index is 2950. The van der Waals surface area contributed by atoms with E-state index in [-0.39, 0.29) is 0 Å². The zero-order valence-electron chi connectivity index (χ0n) is 59.9. The van der Waals surface area contributed by atoms with Gasteiger partial charge in [-0.15, -0.1) is 0 Å². The molecule has 9 saturated heterocycles. The van der Waals surface area contributed by atoms with Gasteiger partial charge in [-0.05, 0) is 6.92 Å². The first-order chi connectivity index (χ1) is 52.4. The van der Waals surface area contributed by atoms with E-state index in [2.05, 4.69) is 21.3 Å². The Morgan fingerprint density at radius 2 is 0.532 bits per heavy atom. The molecule has 4 amide bonds. The molecule has 9 fully saturated rings. The highest BCUT2D eigenvalue weighted by molar-refractivity contribution is 5.74. The molecule has 45 atom stereocenters. The van der Waals surface area contributed by atoms with Gasteiger partial charge in [0.25, 0.3) is 0 Å². The highest BCUT2D eigenvalue weighted by Gasteiger charge is 2.60. The molecule has 0 unspecified atom stereocenters. The van der Waals surface area contributed by atoms with Gasteiger partial charge in [-0.1, -0.05) is 0 Å². The maximum atomic E-state index is 13.1. The third-order valence-corrected chi connectivity index (χ3v) is 20.3. The summed E-state index contributed by atoms with van der Waals surface area (Å²) in [5, 5.41) is 275. The average molecular weight is 1630 g/mol. The van der Waals surface area contributed by atoms with Crippen molar-refractivity contribution in [2.75, 3.05) is 52.9 Å². The molecular formula is C62H104N4O45. The molecule has 111 heavy (non-hydrogen) atoms. The van der Waals surface area contributed by atoms with Gasteiger partial charge in [-0.3, -0.25) is 19.2 Å². The smallest absolute Gasteiger partial charge is 0.217 e. The lowest BCUT2D eigenvalue weighted by atomic mass is 9.93. The first kappa shape index (κ1) is 91.1. The fourth-order valence-corrected chi connectivity index (χ4v) is 14.3. The van der Waals surface area contributed by atoms with Gasteiger partial charge in [0.1, 0.15) is 213 Å². The van der Waals surface area contributed by atoms with E-state index in [9.17, 15) is 142 Å². The van der Waals surface area contributed by atoms with Crippen molar-refractivity contribution in [3.63, 3.8) is 0 Å². The van der Waals surface area contributed by atoms with Crippen LogP contribution in [-0.4, -0.2) is 475 Å². The molecule has 0 aromatic carbocycles. The quantitative estimate of drug-likeness (QED) is 0.0346. The van der Waals surface area contributed by atoms with Crippen LogP contribution in [0.5, 0.6) is 0 Å². The van der Waals surface area contributed by atoms with Crippen molar-refractivity contribution in [1.29, 1.82) is 0 Å². The van der Waals surface area contributed by atoms with Gasteiger partial charge >= 0.3 is 0 Å². The van der Waals surface area contributed by atoms with Crippen molar-refractivity contribution in [1.82, 2.24) is 21.3 Å². The highest BCUT2D eigenvalue weighted by Crippen LogP contribution is 2.39. The molecule has 0 aliphatic carbocycles. The molecular weight excluding hydrogens is 1520 g/mol. The summed E-state index contributed by atoms with van der Waals surface area (Å²) in [5.41, 5.74) is 0. The number of carbonyl (C=O) groups excluding carboxylic acids is 4. The monoisotopic (exact) mass is 1620 g/mol. The second kappa shape index (κ2) is 39.7. The lowest BCUT2D eigenvalue weighted by Gasteiger charge is -2.51. The van der Waals surface area contributed by atoms with E-state index in [0.29, 0.717) is 0 Å². The number of aliphatic hydroxyl groups is 24. The number of hydrogen-bond acceptors (Lipinski definition) is 45. The van der Waals surface area contributed by atoms with Crippen molar-refractivity contribution >= 4 is 23.6 Å². The van der Waals surface area contributed by atoms with Crippen LogP contribution in [0.25, 0.3) is 0 Å². The minimum Gasteiger partial charge on any atom is -0.394 e. The maximum Gasteiger partial charge on any atom is 0.217 e. The van der Waals surface area contributed by atoms with Gasteiger partial charge in [0, 0.05) is 27.7 Å². The molecule has 0 bridgehead atoms. The number of aliphatic hydroxyl groups excluding tert-OH is 24. The molecule has 0 radical (unpaired) electrons. The lowest BCUT2D eigenvalue weighted by molar-refractivity contribution is -0.392. The number of nitrogens with one attached hydrogen (secondary N) is 4. The van der Waals surface area contributed by atoms with Crippen molar-refractivity contribution < 1.29 is 222 Å². The molecule has 0 spiro atoms. The molecule has 9 aliphatic heterocycles. The molecule has 9 aliphatic rings. The van der Waals surface area contributed by atoms with Crippen molar-refractivity contribution in [3.8, 4) is 0 Å². The Kier molecular flexibility index (Phi) is 32.6. The van der Waals surface area contributed by atoms with E-state index >= 15 is 0 Å². The molecule has 9 heterocycles. The van der Waals surface area contributed by atoms with Gasteiger partial charge in [-0.25, -0.2) is 0 Å². The summed E-state index contributed by atoms with van der Waals surface area (Å²) in [4.78, 5) is 50.3. The van der Waals surface area contributed by atoms with Gasteiger partial charge in [0.15, 0.2) is 56.6 Å². The van der Waals surface area contributed by atoms with Crippen LogP contribution in [0, 0.1) is 0 Å². The number of amides is 4. The molecule has 642 valence electrons. The Labute approximate surface area is 629 Å². The summed E-state index contributed by atoms with van der Waals surface area (Å²) in [7, 11) is 0. The van der Waals surface area contributed by atoms with E-state index < -0.39 is 353 Å². The van der Waals surface area contributed by atoms with Crippen LogP contribution in [-0.2, 0) is 99.7 Å². The van der Waals surface area contributed by atoms with Gasteiger partial charge in [-0.2, -0.15) is 0 Å². The largest absolute Gasteiger partial charge is 0.394 e. The molecule has 9 rings (SSSR count). The Morgan fingerprint density at radius 3 is 0.973 bits per heavy atom. The molecule has 0 aromatic rings. The molecule has 28 N–H and O–H groups in total. The SMILES string of the molecule is CC(=O)N[C@@H]1[C@@H](O)[C@H](O[C@@H]2O[C@H](CO)[C@@H](O[C@@H]3O[C@H](CO[C@H]4O[C@H](CO)[C@@H](O[C@@H]5O[C@H](CO)[C@@H](O)[C@H](O)[C@H]5NC(C)=O)[C@H](O)[C@@H]4O)[C@@H](O)[C@H](O[C@H]4O[C@H](CO)[C@@H](O[C@@H]5O[C@H](CO)[C@@H](O[C@@H]6O[C@H](CO)[C@H](O)[C@H](O)[C@H]6O)[C@H](O)[C@H]5NC(C)=O)[C@H](O)[C@@H]4O)[C@@H]3O)[C@H](O)[C@H]2NC(C)=O)[C@@H](CO[C@@H]2O[C@@H](C)[C@@H](O)[C@@H](O)[C@@H]2O)O[C@H]1O. The number of carbonyl (C=O) groups is 4. The van der Waals surface area contributed by atoms with Crippen molar-refractivity contribution in [3.05, 3.63) is 0 Å². The minimum atomic E-state index is -2.50. The van der Waals surface area contributed by atoms with Crippen LogP contribution >= 0.6 is 0 Å². The molecule has 49 heteroatoms. The van der Waals surface area contributed by atoms with E-state index in [0.717, 1.165) is 27.7 Å². The molecule has 0 aromatic heterocycles. The normalized spacial score (nSPS) is 49.3. The fraction of sp³-hybridized carbons (Fsp3) is 0.935. The van der Waals surface area contributed by atoms with Crippen LogP contribution in [0.3, 0.4) is 0 Å². The Hall–Kier alpha value is -3.76. The summed E-state index contributed by atoms with van der Waals surface area (Å²) in [5.74, 6) is -3.44. The molecule has 0 saturated carbocycles. The summed E-state index contributed by atoms with van der Waals surface area (Å²) in [6.45, 7) is -3.02. The van der Waals surface area contributed by atoms with Crippen LogP contribution in [0.2, 0.25) is 0 Å². The van der Waals surface area contributed by atoms with E-state index in [1.54, 1.807) is 0 Å². The van der Waals surface area contributed by atoms with Gasteiger partial charge < -0.3 is 224 Å². The zero-order chi connectivity index (χ0) is 81.8. The minimum absolute atomic E-state index is 0.784. The number of hydrogen-bond donors (Lipinski definition) is 28. The van der Waals surface area contributed by atoms with Crippen molar-refractivity contribution in [2.24, 2.45) is 0 Å². The third kappa shape index (κ3) is 20.3. The van der Waals surface area contributed by atoms with Gasteiger partial charge in [0.05, 0.1) is 59.0 Å². The van der Waals surface area contributed by atoms with E-state index in [1.807, 2.05) is 0 Å². The highest BCUT2D eigenvalue weighted by atomic mass is 16.8. The van der Waals surface area contributed by atoms with Gasteiger partial charge in [0.2, 0.25) is 23.6 Å². The topological polar surface area (TPSA) is 759 Å². The van der Waals surface area contributed by atoms with E-state index in [4.69, 9.17) is 80.5 Å². The second-order valence-electron chi connectivity index (χ2n) is 28.2. The summed E-state index contributed by atoms with van der Waals surface area (Å²) in [6, 6.07) is -7.11. The summed E-state index contributed by atoms with van der Waals surface area (Å²) >= 11 is 0. The van der Waals surface area contributed by atoms with Crippen LogP contribution in [0.4, 0.5) is 0 Å². The first-order valence-corrected chi connectivity index (χ1v) is 35.5. The number of ether oxygens (including phenoxy) is 17. The third-order valence-electron chi connectivity index (χ3n) is 20.3. The maximum absolute atomic E-state index is 13.1. The predicted molar refractivity (Wildman–Crippen MR) is 342 cm³/mol. The predicted octanol–water partition coefficient (Wildman–Crippen LogP) is -19.0. The number of rotatable bonds is 28.